The summed E-state index contributed by atoms with van der Waals surface area (Å²) in [6, 6.07) is 0. The lowest BCUT2D eigenvalue weighted by Gasteiger charge is -2.16. The summed E-state index contributed by atoms with van der Waals surface area (Å²) in [5.74, 6) is 0.0310. The molecule has 5 N–H and O–H groups in total. The van der Waals surface area contributed by atoms with Crippen molar-refractivity contribution in [3.8, 4) is 0 Å². The summed E-state index contributed by atoms with van der Waals surface area (Å²) in [7, 11) is 0. The Bertz CT molecular complexity index is 751. The highest BCUT2D eigenvalue weighted by Gasteiger charge is 2.36. The third-order valence-corrected chi connectivity index (χ3v) is 4.10. The summed E-state index contributed by atoms with van der Waals surface area (Å²) in [4.78, 5) is 18.7. The first-order chi connectivity index (χ1) is 9.93. The molecule has 0 radical (unpaired) electrons. The Morgan fingerprint density at radius 1 is 1.52 bits per heavy atom. The quantitative estimate of drug-likeness (QED) is 0.595. The molecule has 3 atom stereocenters. The van der Waals surface area contributed by atoms with Crippen LogP contribution in [0.1, 0.15) is 23.9 Å². The van der Waals surface area contributed by atoms with Crippen LogP contribution in [0, 0.1) is 13.8 Å². The van der Waals surface area contributed by atoms with Gasteiger partial charge in [0.2, 0.25) is 5.95 Å². The van der Waals surface area contributed by atoms with Crippen LogP contribution < -0.4 is 11.3 Å². The van der Waals surface area contributed by atoms with E-state index in [0.717, 1.165) is 11.3 Å². The zero-order valence-electron chi connectivity index (χ0n) is 11.8. The van der Waals surface area contributed by atoms with Gasteiger partial charge < -0.3 is 25.3 Å². The monoisotopic (exact) mass is 294 g/mol. The number of hydrogen-bond donors (Lipinski definition) is 4. The van der Waals surface area contributed by atoms with Gasteiger partial charge in [-0.1, -0.05) is 0 Å². The van der Waals surface area contributed by atoms with Gasteiger partial charge in [-0.2, -0.15) is 4.98 Å². The molecule has 114 valence electrons. The van der Waals surface area contributed by atoms with E-state index in [0.29, 0.717) is 17.5 Å². The van der Waals surface area contributed by atoms with Crippen LogP contribution in [0.25, 0.3) is 11.0 Å². The molecule has 0 saturated carbocycles. The van der Waals surface area contributed by atoms with Crippen molar-refractivity contribution in [1.29, 1.82) is 0 Å². The van der Waals surface area contributed by atoms with Gasteiger partial charge in [-0.25, -0.2) is 0 Å². The zero-order chi connectivity index (χ0) is 15.3. The molecule has 3 rings (SSSR count). The van der Waals surface area contributed by atoms with Crippen LogP contribution in [-0.2, 0) is 4.74 Å². The first-order valence-corrected chi connectivity index (χ1v) is 6.75. The number of aromatic nitrogens is 3. The lowest BCUT2D eigenvalue weighted by molar-refractivity contribution is -0.0436. The number of hydrogen-bond acceptors (Lipinski definition) is 6. The molecule has 1 saturated heterocycles. The fourth-order valence-electron chi connectivity index (χ4n) is 2.90. The maximum absolute atomic E-state index is 12.1. The molecule has 1 fully saturated rings. The average Bonchev–Trinajstić information content (AvgIpc) is 2.89. The van der Waals surface area contributed by atoms with Gasteiger partial charge in [-0.3, -0.25) is 9.78 Å². The molecule has 0 aliphatic carbocycles. The predicted octanol–water partition coefficient (Wildman–Crippen LogP) is -0.436. The predicted molar refractivity (Wildman–Crippen MR) is 75.9 cm³/mol. The second-order valence-corrected chi connectivity index (χ2v) is 5.34. The van der Waals surface area contributed by atoms with Crippen molar-refractivity contribution < 1.29 is 14.9 Å². The lowest BCUT2D eigenvalue weighted by atomic mass is 10.2. The highest BCUT2D eigenvalue weighted by Crippen LogP contribution is 2.34. The normalized spacial score (nSPS) is 25.8. The van der Waals surface area contributed by atoms with E-state index < -0.39 is 18.4 Å². The van der Waals surface area contributed by atoms with Crippen LogP contribution in [0.15, 0.2) is 4.79 Å². The van der Waals surface area contributed by atoms with Gasteiger partial charge in [0, 0.05) is 12.1 Å². The van der Waals surface area contributed by atoms with Crippen LogP contribution >= 0.6 is 0 Å². The van der Waals surface area contributed by atoms with Gasteiger partial charge >= 0.3 is 0 Å². The molecule has 2 aromatic heterocycles. The molecule has 8 nitrogen and oxygen atoms in total. The number of aliphatic hydroxyl groups is 2. The minimum absolute atomic E-state index is 0.0310. The molecule has 0 bridgehead atoms. The van der Waals surface area contributed by atoms with Crippen LogP contribution in [0.4, 0.5) is 5.95 Å². The largest absolute Gasteiger partial charge is 0.394 e. The van der Waals surface area contributed by atoms with Gasteiger partial charge in [0.1, 0.15) is 12.3 Å². The standard InChI is InChI=1S/C13H18N4O4/c1-5-6(2)17(9-3-7(19)8(4-18)21-9)11-10(5)12(20)16-13(14)15-11/h7-9,18-19H,3-4H2,1-2H3,(H3,14,15,16,20)/t7-,8+,9-/m0/s1. The number of ether oxygens (including phenoxy) is 1. The van der Waals surface area contributed by atoms with E-state index in [9.17, 15) is 15.0 Å². The molecule has 3 heterocycles. The highest BCUT2D eigenvalue weighted by atomic mass is 16.5. The van der Waals surface area contributed by atoms with Crippen molar-refractivity contribution in [3.05, 3.63) is 21.6 Å². The second-order valence-electron chi connectivity index (χ2n) is 5.34. The molecule has 1 aliphatic heterocycles. The number of aryl methyl sites for hydroxylation is 1. The van der Waals surface area contributed by atoms with Crippen molar-refractivity contribution in [2.24, 2.45) is 0 Å². The van der Waals surface area contributed by atoms with E-state index in [4.69, 9.17) is 10.5 Å². The first kappa shape index (κ1) is 14.1. The van der Waals surface area contributed by atoms with Crippen LogP contribution in [-0.4, -0.2) is 43.6 Å². The smallest absolute Gasteiger partial charge is 0.262 e. The number of aromatic amines is 1. The van der Waals surface area contributed by atoms with Crippen molar-refractivity contribution in [2.75, 3.05) is 12.3 Å². The van der Waals surface area contributed by atoms with E-state index in [-0.39, 0.29) is 18.1 Å². The topological polar surface area (TPSA) is 126 Å². The average molecular weight is 294 g/mol. The van der Waals surface area contributed by atoms with E-state index in [1.165, 1.54) is 0 Å². The molecular formula is C13H18N4O4. The molecular weight excluding hydrogens is 276 g/mol. The summed E-state index contributed by atoms with van der Waals surface area (Å²) in [6.07, 6.45) is -1.55. The maximum atomic E-state index is 12.1. The summed E-state index contributed by atoms with van der Waals surface area (Å²) < 4.78 is 7.42. The minimum atomic E-state index is -0.753. The SMILES string of the molecule is Cc1c(C)n([C@@H]2C[C@H](O)[C@@H](CO)O2)c2nc(N)[nH]c(=O)c12. The van der Waals surface area contributed by atoms with Crippen LogP contribution in [0.2, 0.25) is 0 Å². The number of rotatable bonds is 2. The first-order valence-electron chi connectivity index (χ1n) is 6.75. The van der Waals surface area contributed by atoms with Crippen LogP contribution in [0.5, 0.6) is 0 Å². The summed E-state index contributed by atoms with van der Waals surface area (Å²) >= 11 is 0. The Hall–Kier alpha value is -1.90. The molecule has 0 amide bonds. The fourth-order valence-corrected chi connectivity index (χ4v) is 2.90. The van der Waals surface area contributed by atoms with Crippen LogP contribution in [0.3, 0.4) is 0 Å². The van der Waals surface area contributed by atoms with Gasteiger partial charge in [0.25, 0.3) is 5.56 Å². The molecule has 2 aromatic rings. The Morgan fingerprint density at radius 2 is 2.24 bits per heavy atom. The van der Waals surface area contributed by atoms with Gasteiger partial charge in [0.15, 0.2) is 5.65 Å². The Kier molecular flexibility index (Phi) is 3.23. The number of nitrogens with two attached hydrogens (primary N) is 1. The third kappa shape index (κ3) is 2.03. The van der Waals surface area contributed by atoms with Crippen molar-refractivity contribution >= 4 is 17.0 Å². The summed E-state index contributed by atoms with van der Waals surface area (Å²) in [5, 5.41) is 19.5. The highest BCUT2D eigenvalue weighted by molar-refractivity contribution is 5.81. The number of aliphatic hydroxyl groups excluding tert-OH is 2. The Morgan fingerprint density at radius 3 is 2.86 bits per heavy atom. The van der Waals surface area contributed by atoms with E-state index >= 15 is 0 Å². The number of H-pyrrole nitrogens is 1. The second kappa shape index (κ2) is 4.83. The molecule has 1 aliphatic rings. The number of nitrogens with zero attached hydrogens (tertiary/aromatic N) is 2. The molecule has 0 spiro atoms. The minimum Gasteiger partial charge on any atom is -0.394 e. The van der Waals surface area contributed by atoms with Crippen molar-refractivity contribution in [3.63, 3.8) is 0 Å². The Balaban J connectivity index is 2.20. The zero-order valence-corrected chi connectivity index (χ0v) is 11.8. The molecule has 0 aromatic carbocycles. The van der Waals surface area contributed by atoms with Gasteiger partial charge in [0.05, 0.1) is 18.1 Å². The number of nitrogens with one attached hydrogen (secondary N) is 1. The Labute approximate surface area is 120 Å². The van der Waals surface area contributed by atoms with Gasteiger partial charge in [-0.15, -0.1) is 0 Å². The lowest BCUT2D eigenvalue weighted by Crippen LogP contribution is -2.24. The van der Waals surface area contributed by atoms with Crippen molar-refractivity contribution in [1.82, 2.24) is 14.5 Å². The number of nitrogen functional groups attached to an aromatic ring is 1. The molecule has 21 heavy (non-hydrogen) atoms. The maximum Gasteiger partial charge on any atom is 0.262 e. The molecule has 0 unspecified atom stereocenters. The summed E-state index contributed by atoms with van der Waals surface area (Å²) in [6.45, 7) is 3.43. The van der Waals surface area contributed by atoms with Gasteiger partial charge in [-0.05, 0) is 19.4 Å². The molecule has 8 heteroatoms. The van der Waals surface area contributed by atoms with E-state index in [2.05, 4.69) is 9.97 Å². The third-order valence-electron chi connectivity index (χ3n) is 4.10. The van der Waals surface area contributed by atoms with E-state index in [1.807, 2.05) is 13.8 Å². The van der Waals surface area contributed by atoms with Crippen molar-refractivity contribution in [2.45, 2.75) is 38.7 Å². The fraction of sp³-hybridized carbons (Fsp3) is 0.538. The summed E-state index contributed by atoms with van der Waals surface area (Å²) in [5.41, 5.74) is 7.38. The number of fused-ring (bicyclic) bond motifs is 1. The number of anilines is 1. The van der Waals surface area contributed by atoms with E-state index in [1.54, 1.807) is 4.57 Å².